The number of carbonyl (C=O) groups excluding carboxylic acids is 2. The maximum absolute atomic E-state index is 15.9. The fraction of sp³-hybridized carbons (Fsp3) is 0.344. The second-order valence-corrected chi connectivity index (χ2v) is 11.2. The number of carbonyl (C=O) groups is 3. The molecule has 3 aromatic carbocycles. The molecule has 0 radical (unpaired) electrons. The molecule has 1 atom stereocenters. The highest BCUT2D eigenvalue weighted by Gasteiger charge is 2.38. The summed E-state index contributed by atoms with van der Waals surface area (Å²) in [6.45, 7) is 0.0313. The van der Waals surface area contributed by atoms with Crippen LogP contribution in [0.1, 0.15) is 53.1 Å². The van der Waals surface area contributed by atoms with E-state index in [0.717, 1.165) is 31.2 Å². The van der Waals surface area contributed by atoms with Crippen LogP contribution < -0.4 is 26.8 Å². The van der Waals surface area contributed by atoms with Crippen LogP contribution in [0.2, 0.25) is 5.02 Å². The van der Waals surface area contributed by atoms with Gasteiger partial charge in [0.1, 0.15) is 5.82 Å². The van der Waals surface area contributed by atoms with Gasteiger partial charge in [0.25, 0.3) is 5.91 Å². The Bertz CT molecular complexity index is 1570. The topological polar surface area (TPSA) is 157 Å². The molecule has 9 nitrogen and oxygen atoms in total. The summed E-state index contributed by atoms with van der Waals surface area (Å²) in [6, 6.07) is 15.4. The van der Waals surface area contributed by atoms with E-state index < -0.39 is 42.2 Å². The highest BCUT2D eigenvalue weighted by atomic mass is 35.5. The van der Waals surface area contributed by atoms with Crippen LogP contribution in [0.3, 0.4) is 0 Å². The number of carboxylic acids is 1. The summed E-state index contributed by atoms with van der Waals surface area (Å²) in [5.74, 6) is -6.53. The molecule has 0 spiro atoms. The van der Waals surface area contributed by atoms with Crippen molar-refractivity contribution in [2.24, 2.45) is 11.5 Å². The molecule has 4 rings (SSSR count). The van der Waals surface area contributed by atoms with Gasteiger partial charge < -0.3 is 31.9 Å². The maximum Gasteiger partial charge on any atom is 0.490 e. The summed E-state index contributed by atoms with van der Waals surface area (Å²) in [7, 11) is 1.42. The largest absolute Gasteiger partial charge is 0.490 e. The molecule has 0 heterocycles. The number of hydrogen-bond acceptors (Lipinski definition) is 6. The van der Waals surface area contributed by atoms with E-state index in [1.165, 1.54) is 25.2 Å². The van der Waals surface area contributed by atoms with Crippen LogP contribution in [-0.4, -0.2) is 61.3 Å². The average Bonchev–Trinajstić information content (AvgIpc) is 3.03. The zero-order chi connectivity index (χ0) is 34.9. The van der Waals surface area contributed by atoms with E-state index in [1.54, 1.807) is 6.07 Å². The van der Waals surface area contributed by atoms with Crippen LogP contribution in [0, 0.1) is 11.6 Å². The molecular weight excluding hydrogens is 651 g/mol. The molecule has 0 aromatic heterocycles. The van der Waals surface area contributed by atoms with Gasteiger partial charge in [-0.05, 0) is 61.1 Å². The minimum Gasteiger partial charge on any atom is -0.481 e. The third kappa shape index (κ3) is 10.1. The van der Waals surface area contributed by atoms with Crippen molar-refractivity contribution >= 4 is 29.4 Å². The van der Waals surface area contributed by atoms with Gasteiger partial charge in [-0.25, -0.2) is 13.6 Å². The Morgan fingerprint density at radius 2 is 1.64 bits per heavy atom. The first kappa shape index (κ1) is 37.2. The predicted octanol–water partition coefficient (Wildman–Crippen LogP) is 5.13. The lowest BCUT2D eigenvalue weighted by molar-refractivity contribution is -0.192. The standard InChI is InChI=1S/C30H33ClF2N4O3.C2HF3O2/c1-36-26(38)16-40-25-12-11-21(30(35)39)27(29(25)33)22-13-18(14-24(32)28(22)31)23(17-5-3-2-4-6-17)15-37-20-9-7-19(34)8-10-20;3-2(4,5)1(6)7/h2-6,11-14,19-20,23,37H,7-10,15-16,34H2,1H3,(H2,35,39)(H,36,38);(H,6,7). The van der Waals surface area contributed by atoms with Crippen LogP contribution in [-0.2, 0) is 9.59 Å². The third-order valence-corrected chi connectivity index (χ3v) is 7.94. The monoisotopic (exact) mass is 684 g/mol. The van der Waals surface area contributed by atoms with E-state index in [0.29, 0.717) is 12.1 Å². The number of benzene rings is 3. The fourth-order valence-corrected chi connectivity index (χ4v) is 5.27. The van der Waals surface area contributed by atoms with Crippen molar-refractivity contribution in [2.75, 3.05) is 20.2 Å². The number of carboxylic acid groups (broad SMARTS) is 1. The fourth-order valence-electron chi connectivity index (χ4n) is 5.07. The highest BCUT2D eigenvalue weighted by Crippen LogP contribution is 2.40. The molecule has 1 aliphatic carbocycles. The molecule has 7 N–H and O–H groups in total. The van der Waals surface area contributed by atoms with E-state index in [1.807, 2.05) is 30.3 Å². The zero-order valence-electron chi connectivity index (χ0n) is 25.2. The smallest absolute Gasteiger partial charge is 0.481 e. The number of ether oxygens (including phenoxy) is 1. The maximum atomic E-state index is 15.9. The van der Waals surface area contributed by atoms with Crippen molar-refractivity contribution < 1.29 is 46.2 Å². The Kier molecular flexibility index (Phi) is 13.1. The Balaban J connectivity index is 0.000000771. The lowest BCUT2D eigenvalue weighted by Gasteiger charge is -2.29. The van der Waals surface area contributed by atoms with E-state index in [2.05, 4.69) is 10.6 Å². The van der Waals surface area contributed by atoms with E-state index in [4.69, 9.17) is 37.7 Å². The van der Waals surface area contributed by atoms with E-state index >= 15 is 8.78 Å². The van der Waals surface area contributed by atoms with Crippen molar-refractivity contribution in [3.63, 3.8) is 0 Å². The Labute approximate surface area is 272 Å². The highest BCUT2D eigenvalue weighted by molar-refractivity contribution is 6.33. The lowest BCUT2D eigenvalue weighted by Crippen LogP contribution is -2.39. The summed E-state index contributed by atoms with van der Waals surface area (Å²) in [5.41, 5.74) is 12.5. The minimum absolute atomic E-state index is 0.0436. The van der Waals surface area contributed by atoms with Crippen molar-refractivity contribution in [1.82, 2.24) is 10.6 Å². The third-order valence-electron chi connectivity index (χ3n) is 7.56. The second-order valence-electron chi connectivity index (χ2n) is 10.8. The number of nitrogens with one attached hydrogen (secondary N) is 2. The summed E-state index contributed by atoms with van der Waals surface area (Å²) >= 11 is 6.39. The molecule has 3 aromatic rings. The van der Waals surface area contributed by atoms with Gasteiger partial charge in [0.15, 0.2) is 18.2 Å². The quantitative estimate of drug-likeness (QED) is 0.185. The number of nitrogens with two attached hydrogens (primary N) is 2. The first-order chi connectivity index (χ1) is 22.1. The van der Waals surface area contributed by atoms with Crippen molar-refractivity contribution in [3.05, 3.63) is 87.9 Å². The first-order valence-corrected chi connectivity index (χ1v) is 14.8. The molecule has 2 amide bonds. The van der Waals surface area contributed by atoms with E-state index in [9.17, 15) is 22.8 Å². The number of alkyl halides is 3. The van der Waals surface area contributed by atoms with Gasteiger partial charge in [-0.2, -0.15) is 13.2 Å². The summed E-state index contributed by atoms with van der Waals surface area (Å²) < 4.78 is 68.3. The number of halogens is 6. The minimum atomic E-state index is -5.08. The van der Waals surface area contributed by atoms with Gasteiger partial charge in [0.05, 0.1) is 10.6 Å². The normalized spacial score (nSPS) is 16.8. The molecular formula is C32H34ClF5N4O5. The number of likely N-dealkylation sites (N-methyl/N-ethyl adjacent to an activating group) is 1. The molecule has 1 fully saturated rings. The predicted molar refractivity (Wildman–Crippen MR) is 165 cm³/mol. The second kappa shape index (κ2) is 16.5. The van der Waals surface area contributed by atoms with Crippen LogP contribution >= 0.6 is 11.6 Å². The van der Waals surface area contributed by atoms with Crippen molar-refractivity contribution in [1.29, 1.82) is 0 Å². The lowest BCUT2D eigenvalue weighted by atomic mass is 9.87. The van der Waals surface area contributed by atoms with Gasteiger partial charge in [0, 0.05) is 42.7 Å². The van der Waals surface area contributed by atoms with Gasteiger partial charge >= 0.3 is 12.1 Å². The molecule has 0 saturated heterocycles. The zero-order valence-corrected chi connectivity index (χ0v) is 25.9. The molecule has 1 unspecified atom stereocenters. The molecule has 15 heteroatoms. The number of amides is 2. The summed E-state index contributed by atoms with van der Waals surface area (Å²) in [6.07, 6.45) is -1.33. The van der Waals surface area contributed by atoms with Crippen molar-refractivity contribution in [2.45, 2.75) is 49.9 Å². The molecule has 0 bridgehead atoms. The van der Waals surface area contributed by atoms with E-state index in [-0.39, 0.29) is 45.5 Å². The molecule has 0 aliphatic heterocycles. The average molecular weight is 685 g/mol. The first-order valence-electron chi connectivity index (χ1n) is 14.4. The molecule has 254 valence electrons. The molecule has 1 aliphatic rings. The number of rotatable bonds is 10. The molecule has 1 saturated carbocycles. The van der Waals surface area contributed by atoms with Crippen molar-refractivity contribution in [3.8, 4) is 16.9 Å². The number of primary amides is 1. The Hall–Kier alpha value is -4.27. The Morgan fingerprint density at radius 3 is 2.19 bits per heavy atom. The summed E-state index contributed by atoms with van der Waals surface area (Å²) in [4.78, 5) is 32.9. The van der Waals surface area contributed by atoms with Crippen LogP contribution in [0.5, 0.6) is 5.75 Å². The van der Waals surface area contributed by atoms with Gasteiger partial charge in [-0.3, -0.25) is 9.59 Å². The van der Waals surface area contributed by atoms with Gasteiger partial charge in [0.2, 0.25) is 5.91 Å². The van der Waals surface area contributed by atoms with Crippen LogP contribution in [0.15, 0.2) is 54.6 Å². The number of hydrogen-bond donors (Lipinski definition) is 5. The summed E-state index contributed by atoms with van der Waals surface area (Å²) in [5, 5.41) is 12.7. The molecule has 47 heavy (non-hydrogen) atoms. The van der Waals surface area contributed by atoms with Gasteiger partial charge in [-0.15, -0.1) is 0 Å². The van der Waals surface area contributed by atoms with Gasteiger partial charge in [-0.1, -0.05) is 41.9 Å². The van der Waals surface area contributed by atoms with Crippen LogP contribution in [0.4, 0.5) is 22.0 Å². The SMILES string of the molecule is CNC(=O)COc1ccc(C(N)=O)c(-c2cc(C(CNC3CCC(N)CC3)c3ccccc3)cc(F)c2Cl)c1F.O=C(O)C(F)(F)F. The Morgan fingerprint density at radius 1 is 1.02 bits per heavy atom. The van der Waals surface area contributed by atoms with Crippen LogP contribution in [0.25, 0.3) is 11.1 Å². The number of aliphatic carboxylic acids is 1.